The van der Waals surface area contributed by atoms with Crippen molar-refractivity contribution in [3.63, 3.8) is 0 Å². The maximum Gasteiger partial charge on any atom is 0.233 e. The van der Waals surface area contributed by atoms with Gasteiger partial charge in [-0.15, -0.1) is 0 Å². The van der Waals surface area contributed by atoms with Gasteiger partial charge in [0.15, 0.2) is 5.82 Å². The second-order valence-corrected chi connectivity index (χ2v) is 7.82. The molecule has 122 valence electrons. The van der Waals surface area contributed by atoms with Gasteiger partial charge in [-0.2, -0.15) is 4.98 Å². The summed E-state index contributed by atoms with van der Waals surface area (Å²) in [6, 6.07) is 0. The highest BCUT2D eigenvalue weighted by Gasteiger charge is 2.41. The summed E-state index contributed by atoms with van der Waals surface area (Å²) in [7, 11) is 0. The van der Waals surface area contributed by atoms with Crippen LogP contribution in [0.4, 0.5) is 0 Å². The van der Waals surface area contributed by atoms with E-state index < -0.39 is 0 Å². The first kappa shape index (κ1) is 15.5. The molecule has 0 bridgehead atoms. The predicted octanol–water partition coefficient (Wildman–Crippen LogP) is 3.10. The zero-order valence-electron chi connectivity index (χ0n) is 13.9. The van der Waals surface area contributed by atoms with E-state index in [9.17, 15) is 4.79 Å². The molecule has 22 heavy (non-hydrogen) atoms. The number of carbonyl (C=O) groups is 1. The first-order valence-corrected chi connectivity index (χ1v) is 8.53. The Labute approximate surface area is 132 Å². The summed E-state index contributed by atoms with van der Waals surface area (Å²) in [6.45, 7) is 7.19. The SMILES string of the molecule is CC1(c2nc(C(C)(C)C3CCCCC3)no2)CCNC(=O)C1. The highest BCUT2D eigenvalue weighted by atomic mass is 16.5. The number of carbonyl (C=O) groups excluding carboxylic acids is 1. The number of rotatable bonds is 3. The van der Waals surface area contributed by atoms with Crippen LogP contribution in [0.5, 0.6) is 0 Å². The molecule has 1 aromatic rings. The molecule has 5 nitrogen and oxygen atoms in total. The average Bonchev–Trinajstić information content (AvgIpc) is 2.99. The fraction of sp³-hybridized carbons (Fsp3) is 0.824. The van der Waals surface area contributed by atoms with Gasteiger partial charge in [-0.25, -0.2) is 0 Å². The molecule has 0 spiro atoms. The monoisotopic (exact) mass is 305 g/mol. The largest absolute Gasteiger partial charge is 0.356 e. The molecular weight excluding hydrogens is 278 g/mol. The maximum atomic E-state index is 11.7. The molecule has 1 N–H and O–H groups in total. The number of amides is 1. The lowest BCUT2D eigenvalue weighted by Crippen LogP contribution is -2.42. The van der Waals surface area contributed by atoms with E-state index in [1.54, 1.807) is 0 Å². The molecule has 1 unspecified atom stereocenters. The molecule has 2 aliphatic rings. The van der Waals surface area contributed by atoms with E-state index in [-0.39, 0.29) is 16.7 Å². The third kappa shape index (κ3) is 2.77. The van der Waals surface area contributed by atoms with Gasteiger partial charge in [0.25, 0.3) is 0 Å². The van der Waals surface area contributed by atoms with Crippen molar-refractivity contribution >= 4 is 5.91 Å². The van der Waals surface area contributed by atoms with E-state index in [2.05, 4.69) is 31.2 Å². The summed E-state index contributed by atoms with van der Waals surface area (Å²) < 4.78 is 5.59. The highest BCUT2D eigenvalue weighted by Crippen LogP contribution is 2.40. The Morgan fingerprint density at radius 2 is 2.00 bits per heavy atom. The summed E-state index contributed by atoms with van der Waals surface area (Å²) in [5, 5.41) is 7.16. The van der Waals surface area contributed by atoms with E-state index in [0.29, 0.717) is 24.8 Å². The van der Waals surface area contributed by atoms with Crippen molar-refractivity contribution in [2.45, 2.75) is 76.5 Å². The Morgan fingerprint density at radius 3 is 2.68 bits per heavy atom. The molecule has 0 aromatic carbocycles. The Bertz CT molecular complexity index is 546. The lowest BCUT2D eigenvalue weighted by Gasteiger charge is -2.34. The van der Waals surface area contributed by atoms with Crippen molar-refractivity contribution in [3.05, 3.63) is 11.7 Å². The van der Waals surface area contributed by atoms with Crippen LogP contribution in [0.25, 0.3) is 0 Å². The number of nitrogens with one attached hydrogen (secondary N) is 1. The van der Waals surface area contributed by atoms with Gasteiger partial charge in [-0.05, 0) is 25.2 Å². The van der Waals surface area contributed by atoms with Crippen molar-refractivity contribution in [1.82, 2.24) is 15.5 Å². The first-order valence-electron chi connectivity index (χ1n) is 8.53. The van der Waals surface area contributed by atoms with Gasteiger partial charge in [-0.1, -0.05) is 45.2 Å². The van der Waals surface area contributed by atoms with Crippen LogP contribution in [0.2, 0.25) is 0 Å². The average molecular weight is 305 g/mol. The molecule has 1 atom stereocenters. The zero-order chi connectivity index (χ0) is 15.8. The fourth-order valence-electron chi connectivity index (χ4n) is 3.90. The van der Waals surface area contributed by atoms with Crippen LogP contribution in [-0.4, -0.2) is 22.6 Å². The van der Waals surface area contributed by atoms with Crippen LogP contribution in [0.15, 0.2) is 4.52 Å². The molecule has 1 aliphatic heterocycles. The molecule has 0 radical (unpaired) electrons. The van der Waals surface area contributed by atoms with E-state index in [4.69, 9.17) is 9.51 Å². The topological polar surface area (TPSA) is 68.0 Å². The van der Waals surface area contributed by atoms with Gasteiger partial charge in [0.2, 0.25) is 11.8 Å². The third-order valence-electron chi connectivity index (χ3n) is 5.69. The molecule has 3 rings (SSSR count). The summed E-state index contributed by atoms with van der Waals surface area (Å²) in [6.07, 6.45) is 7.72. The third-order valence-corrected chi connectivity index (χ3v) is 5.69. The van der Waals surface area contributed by atoms with Gasteiger partial charge in [0.05, 0.1) is 5.41 Å². The lowest BCUT2D eigenvalue weighted by atomic mass is 9.70. The first-order chi connectivity index (χ1) is 10.4. The molecule has 2 fully saturated rings. The zero-order valence-corrected chi connectivity index (χ0v) is 13.9. The molecule has 2 heterocycles. The van der Waals surface area contributed by atoms with Crippen LogP contribution >= 0.6 is 0 Å². The van der Waals surface area contributed by atoms with Gasteiger partial charge in [0, 0.05) is 18.4 Å². The van der Waals surface area contributed by atoms with Crippen LogP contribution in [-0.2, 0) is 15.6 Å². The number of aromatic nitrogens is 2. The van der Waals surface area contributed by atoms with Crippen molar-refractivity contribution in [2.24, 2.45) is 5.92 Å². The standard InChI is InChI=1S/C17H27N3O2/c1-16(2,12-7-5-4-6-8-12)14-19-15(22-20-14)17(3)9-10-18-13(21)11-17/h12H,4-11H2,1-3H3,(H,18,21). The number of nitrogens with zero attached hydrogens (tertiary/aromatic N) is 2. The van der Waals surface area contributed by atoms with Crippen molar-refractivity contribution in [1.29, 1.82) is 0 Å². The van der Waals surface area contributed by atoms with Gasteiger partial charge >= 0.3 is 0 Å². The normalized spacial score (nSPS) is 27.7. The van der Waals surface area contributed by atoms with E-state index in [0.717, 1.165) is 12.2 Å². The molecule has 5 heteroatoms. The van der Waals surface area contributed by atoms with E-state index >= 15 is 0 Å². The fourth-order valence-corrected chi connectivity index (χ4v) is 3.90. The second-order valence-electron chi connectivity index (χ2n) is 7.82. The Balaban J connectivity index is 1.82. The van der Waals surface area contributed by atoms with Crippen LogP contribution in [0.3, 0.4) is 0 Å². The summed E-state index contributed by atoms with van der Waals surface area (Å²) in [4.78, 5) is 16.4. The van der Waals surface area contributed by atoms with E-state index in [1.165, 1.54) is 32.1 Å². The highest BCUT2D eigenvalue weighted by molar-refractivity contribution is 5.78. The van der Waals surface area contributed by atoms with Gasteiger partial charge in [-0.3, -0.25) is 4.79 Å². The lowest BCUT2D eigenvalue weighted by molar-refractivity contribution is -0.124. The van der Waals surface area contributed by atoms with Crippen molar-refractivity contribution in [3.8, 4) is 0 Å². The Kier molecular flexibility index (Phi) is 4.00. The molecular formula is C17H27N3O2. The number of hydrogen-bond donors (Lipinski definition) is 1. The number of hydrogen-bond acceptors (Lipinski definition) is 4. The molecule has 1 aromatic heterocycles. The minimum atomic E-state index is -0.323. The summed E-state index contributed by atoms with van der Waals surface area (Å²) >= 11 is 0. The second kappa shape index (κ2) is 5.67. The van der Waals surface area contributed by atoms with Gasteiger partial charge < -0.3 is 9.84 Å². The van der Waals surface area contributed by atoms with Gasteiger partial charge in [0.1, 0.15) is 0 Å². The number of piperidine rings is 1. The minimum absolute atomic E-state index is 0.0601. The minimum Gasteiger partial charge on any atom is -0.356 e. The molecule has 1 saturated heterocycles. The predicted molar refractivity (Wildman–Crippen MR) is 83.5 cm³/mol. The smallest absolute Gasteiger partial charge is 0.233 e. The molecule has 1 saturated carbocycles. The van der Waals surface area contributed by atoms with Crippen LogP contribution in [0.1, 0.15) is 77.4 Å². The summed E-state index contributed by atoms with van der Waals surface area (Å²) in [5.74, 6) is 2.12. The Morgan fingerprint density at radius 1 is 1.27 bits per heavy atom. The van der Waals surface area contributed by atoms with Crippen LogP contribution < -0.4 is 5.32 Å². The quantitative estimate of drug-likeness (QED) is 0.931. The van der Waals surface area contributed by atoms with Crippen LogP contribution in [0, 0.1) is 5.92 Å². The summed E-state index contributed by atoms with van der Waals surface area (Å²) in [5.41, 5.74) is -0.383. The van der Waals surface area contributed by atoms with E-state index in [1.807, 2.05) is 0 Å². The van der Waals surface area contributed by atoms with Crippen molar-refractivity contribution < 1.29 is 9.32 Å². The Hall–Kier alpha value is -1.39. The maximum absolute atomic E-state index is 11.7. The van der Waals surface area contributed by atoms with Crippen molar-refractivity contribution in [2.75, 3.05) is 6.54 Å². The molecule has 1 aliphatic carbocycles. The molecule has 1 amide bonds.